The molecule has 1 aliphatic rings. The minimum absolute atomic E-state index is 0.0773. The van der Waals surface area contributed by atoms with Gasteiger partial charge in [-0.2, -0.15) is 0 Å². The van der Waals surface area contributed by atoms with Gasteiger partial charge in [0.1, 0.15) is 0 Å². The maximum Gasteiger partial charge on any atom is 0.234 e. The van der Waals surface area contributed by atoms with Gasteiger partial charge in [0, 0.05) is 30.7 Å². The van der Waals surface area contributed by atoms with E-state index in [0.29, 0.717) is 12.6 Å². The third kappa shape index (κ3) is 4.46. The molecular formula is C12H18N2O2S. The molecule has 2 heterocycles. The van der Waals surface area contributed by atoms with Gasteiger partial charge in [-0.05, 0) is 24.3 Å². The lowest BCUT2D eigenvalue weighted by Gasteiger charge is -2.23. The average molecular weight is 254 g/mol. The van der Waals surface area contributed by atoms with E-state index in [2.05, 4.69) is 16.7 Å². The Labute approximate surface area is 105 Å². The summed E-state index contributed by atoms with van der Waals surface area (Å²) in [6.07, 6.45) is 1.85. The molecule has 0 aliphatic carbocycles. The van der Waals surface area contributed by atoms with Gasteiger partial charge in [0.05, 0.1) is 6.54 Å². The Balaban J connectivity index is 1.60. The number of hydrogen-bond donors (Lipinski definition) is 2. The van der Waals surface area contributed by atoms with Gasteiger partial charge in [-0.15, -0.1) is 11.3 Å². The smallest absolute Gasteiger partial charge is 0.234 e. The molecule has 0 bridgehead atoms. The van der Waals surface area contributed by atoms with Gasteiger partial charge in [-0.25, -0.2) is 0 Å². The van der Waals surface area contributed by atoms with Crippen LogP contribution in [0.1, 0.15) is 17.7 Å². The molecule has 0 unspecified atom stereocenters. The van der Waals surface area contributed by atoms with Crippen molar-refractivity contribution in [2.75, 3.05) is 19.8 Å². The normalized spacial score (nSPS) is 16.9. The molecular weight excluding hydrogens is 236 g/mol. The van der Waals surface area contributed by atoms with Crippen molar-refractivity contribution in [3.8, 4) is 0 Å². The highest BCUT2D eigenvalue weighted by molar-refractivity contribution is 7.09. The molecule has 1 saturated heterocycles. The monoisotopic (exact) mass is 254 g/mol. The van der Waals surface area contributed by atoms with Crippen LogP contribution in [0.2, 0.25) is 0 Å². The van der Waals surface area contributed by atoms with E-state index in [1.165, 1.54) is 4.88 Å². The lowest BCUT2D eigenvalue weighted by Crippen LogP contribution is -2.42. The minimum Gasteiger partial charge on any atom is -0.381 e. The van der Waals surface area contributed by atoms with Crippen molar-refractivity contribution in [3.63, 3.8) is 0 Å². The predicted octanol–water partition coefficient (Wildman–Crippen LogP) is 1.13. The van der Waals surface area contributed by atoms with E-state index in [0.717, 1.165) is 32.6 Å². The van der Waals surface area contributed by atoms with Gasteiger partial charge in [0.25, 0.3) is 0 Å². The molecule has 5 heteroatoms. The quantitative estimate of drug-likeness (QED) is 0.828. The van der Waals surface area contributed by atoms with Crippen molar-refractivity contribution < 1.29 is 9.53 Å². The predicted molar refractivity (Wildman–Crippen MR) is 68.0 cm³/mol. The first-order chi connectivity index (χ1) is 8.34. The summed E-state index contributed by atoms with van der Waals surface area (Å²) in [4.78, 5) is 12.9. The van der Waals surface area contributed by atoms with E-state index in [-0.39, 0.29) is 5.91 Å². The first-order valence-corrected chi connectivity index (χ1v) is 6.83. The van der Waals surface area contributed by atoms with Crippen molar-refractivity contribution in [2.24, 2.45) is 0 Å². The Morgan fingerprint density at radius 2 is 2.29 bits per heavy atom. The molecule has 1 aliphatic heterocycles. The largest absolute Gasteiger partial charge is 0.381 e. The molecule has 0 saturated carbocycles. The summed E-state index contributed by atoms with van der Waals surface area (Å²) < 4.78 is 5.25. The summed E-state index contributed by atoms with van der Waals surface area (Å²) >= 11 is 1.70. The third-order valence-corrected chi connectivity index (χ3v) is 3.63. The number of carbonyl (C=O) groups is 1. The number of thiophene rings is 1. The first-order valence-electron chi connectivity index (χ1n) is 5.95. The Kier molecular flexibility index (Phi) is 4.97. The number of rotatable bonds is 5. The van der Waals surface area contributed by atoms with Gasteiger partial charge in [-0.3, -0.25) is 4.79 Å². The van der Waals surface area contributed by atoms with E-state index in [1.54, 1.807) is 11.3 Å². The van der Waals surface area contributed by atoms with Crippen molar-refractivity contribution >= 4 is 17.2 Å². The van der Waals surface area contributed by atoms with Crippen LogP contribution in [-0.2, 0) is 16.1 Å². The van der Waals surface area contributed by atoms with Crippen molar-refractivity contribution in [1.29, 1.82) is 0 Å². The van der Waals surface area contributed by atoms with Crippen LogP contribution in [0.4, 0.5) is 0 Å². The van der Waals surface area contributed by atoms with Gasteiger partial charge in [0.15, 0.2) is 0 Å². The highest BCUT2D eigenvalue weighted by Gasteiger charge is 2.15. The maximum atomic E-state index is 11.6. The summed E-state index contributed by atoms with van der Waals surface area (Å²) in [5.41, 5.74) is 0. The zero-order valence-electron chi connectivity index (χ0n) is 9.78. The molecule has 1 fully saturated rings. The van der Waals surface area contributed by atoms with Gasteiger partial charge < -0.3 is 15.4 Å². The van der Waals surface area contributed by atoms with Crippen LogP contribution in [0.25, 0.3) is 0 Å². The number of carbonyl (C=O) groups excluding carboxylic acids is 1. The van der Waals surface area contributed by atoms with Crippen LogP contribution in [-0.4, -0.2) is 31.7 Å². The van der Waals surface area contributed by atoms with Gasteiger partial charge >= 0.3 is 0 Å². The standard InChI is InChI=1S/C12H18N2O2S/c15-12(14-10-3-5-16-6-4-10)9-13-8-11-2-1-7-17-11/h1-2,7,10,13H,3-6,8-9H2,(H,14,15). The van der Waals surface area contributed by atoms with Crippen LogP contribution in [0.5, 0.6) is 0 Å². The summed E-state index contributed by atoms with van der Waals surface area (Å²) in [7, 11) is 0. The molecule has 0 atom stereocenters. The Bertz CT molecular complexity index is 334. The molecule has 0 aromatic carbocycles. The molecule has 1 aromatic heterocycles. The van der Waals surface area contributed by atoms with Gasteiger partial charge in [0.2, 0.25) is 5.91 Å². The molecule has 4 nitrogen and oxygen atoms in total. The molecule has 2 N–H and O–H groups in total. The first kappa shape index (κ1) is 12.5. The lowest BCUT2D eigenvalue weighted by molar-refractivity contribution is -0.121. The fourth-order valence-corrected chi connectivity index (χ4v) is 2.51. The molecule has 1 amide bonds. The number of amides is 1. The van der Waals surface area contributed by atoms with Crippen LogP contribution >= 0.6 is 11.3 Å². The van der Waals surface area contributed by atoms with E-state index >= 15 is 0 Å². The number of ether oxygens (including phenoxy) is 1. The fourth-order valence-electron chi connectivity index (χ4n) is 1.83. The number of nitrogens with one attached hydrogen (secondary N) is 2. The lowest BCUT2D eigenvalue weighted by atomic mass is 10.1. The van der Waals surface area contributed by atoms with Crippen LogP contribution in [0.15, 0.2) is 17.5 Å². The van der Waals surface area contributed by atoms with Crippen molar-refractivity contribution in [1.82, 2.24) is 10.6 Å². The van der Waals surface area contributed by atoms with Crippen molar-refractivity contribution in [3.05, 3.63) is 22.4 Å². The number of hydrogen-bond acceptors (Lipinski definition) is 4. The maximum absolute atomic E-state index is 11.6. The zero-order valence-corrected chi connectivity index (χ0v) is 10.6. The van der Waals surface area contributed by atoms with E-state index in [4.69, 9.17) is 4.74 Å². The topological polar surface area (TPSA) is 50.4 Å². The zero-order chi connectivity index (χ0) is 11.9. The van der Waals surface area contributed by atoms with Crippen LogP contribution in [0.3, 0.4) is 0 Å². The molecule has 0 radical (unpaired) electrons. The second kappa shape index (κ2) is 6.74. The summed E-state index contributed by atoms with van der Waals surface area (Å²) in [5, 5.41) is 8.21. The average Bonchev–Trinajstić information content (AvgIpc) is 2.83. The summed E-state index contributed by atoms with van der Waals surface area (Å²) in [5.74, 6) is 0.0773. The molecule has 0 spiro atoms. The summed E-state index contributed by atoms with van der Waals surface area (Å²) in [6, 6.07) is 4.37. The third-order valence-electron chi connectivity index (χ3n) is 2.75. The van der Waals surface area contributed by atoms with Crippen LogP contribution < -0.4 is 10.6 Å². The molecule has 17 heavy (non-hydrogen) atoms. The Hall–Kier alpha value is -0.910. The molecule has 2 rings (SSSR count). The van der Waals surface area contributed by atoms with Crippen molar-refractivity contribution in [2.45, 2.75) is 25.4 Å². The highest BCUT2D eigenvalue weighted by atomic mass is 32.1. The van der Waals surface area contributed by atoms with Gasteiger partial charge in [-0.1, -0.05) is 6.07 Å². The van der Waals surface area contributed by atoms with E-state index in [1.807, 2.05) is 11.4 Å². The molecule has 94 valence electrons. The van der Waals surface area contributed by atoms with E-state index in [9.17, 15) is 4.79 Å². The SMILES string of the molecule is O=C(CNCc1cccs1)NC1CCOCC1. The second-order valence-corrected chi connectivity index (χ2v) is 5.17. The van der Waals surface area contributed by atoms with E-state index < -0.39 is 0 Å². The Morgan fingerprint density at radius 1 is 1.47 bits per heavy atom. The summed E-state index contributed by atoms with van der Waals surface area (Å²) in [6.45, 7) is 2.66. The fraction of sp³-hybridized carbons (Fsp3) is 0.583. The highest BCUT2D eigenvalue weighted by Crippen LogP contribution is 2.07. The van der Waals surface area contributed by atoms with Crippen LogP contribution in [0, 0.1) is 0 Å². The minimum atomic E-state index is 0.0773. The second-order valence-electron chi connectivity index (χ2n) is 4.14. The molecule has 1 aromatic rings. The Morgan fingerprint density at radius 3 is 3.00 bits per heavy atom.